The third-order valence-electron chi connectivity index (χ3n) is 2.40. The highest BCUT2D eigenvalue weighted by molar-refractivity contribution is 5.78. The van der Waals surface area contributed by atoms with Gasteiger partial charge in [-0.3, -0.25) is 4.79 Å². The number of carbonyl (C=O) groups is 1. The Morgan fingerprint density at radius 3 is 2.50 bits per heavy atom. The van der Waals surface area contributed by atoms with E-state index in [9.17, 15) is 4.79 Å². The molecule has 1 rings (SSSR count). The van der Waals surface area contributed by atoms with Crippen LogP contribution < -0.4 is 0 Å². The van der Waals surface area contributed by atoms with Crippen LogP contribution in [0, 0.1) is 6.92 Å². The smallest absolute Gasteiger partial charge is 0.230 e. The maximum Gasteiger partial charge on any atom is 0.230 e. The summed E-state index contributed by atoms with van der Waals surface area (Å²) in [5.41, 5.74) is 1.05. The van der Waals surface area contributed by atoms with E-state index in [2.05, 4.69) is 0 Å². The third-order valence-corrected chi connectivity index (χ3v) is 2.40. The Bertz CT molecular complexity index is 300. The molecule has 0 spiro atoms. The van der Waals surface area contributed by atoms with E-state index in [1.54, 1.807) is 6.26 Å². The summed E-state index contributed by atoms with van der Waals surface area (Å²) in [6.07, 6.45) is 2.00. The van der Waals surface area contributed by atoms with Crippen molar-refractivity contribution < 1.29 is 9.21 Å². The first kappa shape index (κ1) is 10.8. The Morgan fingerprint density at radius 2 is 2.07 bits per heavy atom. The van der Waals surface area contributed by atoms with Crippen LogP contribution in [-0.2, 0) is 11.2 Å². The van der Waals surface area contributed by atoms with Gasteiger partial charge in [0.25, 0.3) is 0 Å². The van der Waals surface area contributed by atoms with Gasteiger partial charge in [-0.15, -0.1) is 0 Å². The molecule has 0 saturated carbocycles. The molecule has 0 aliphatic rings. The van der Waals surface area contributed by atoms with Gasteiger partial charge in [0, 0.05) is 13.1 Å². The van der Waals surface area contributed by atoms with E-state index in [0.29, 0.717) is 6.42 Å². The lowest BCUT2D eigenvalue weighted by Crippen LogP contribution is -2.31. The van der Waals surface area contributed by atoms with Crippen molar-refractivity contribution in [3.8, 4) is 0 Å². The highest BCUT2D eigenvalue weighted by Crippen LogP contribution is 2.10. The van der Waals surface area contributed by atoms with Crippen LogP contribution in [0.25, 0.3) is 0 Å². The molecule has 0 bridgehead atoms. The second-order valence-corrected chi connectivity index (χ2v) is 3.27. The normalized spacial score (nSPS) is 10.2. The van der Waals surface area contributed by atoms with Crippen molar-refractivity contribution in [2.45, 2.75) is 27.2 Å². The highest BCUT2D eigenvalue weighted by Gasteiger charge is 2.13. The van der Waals surface area contributed by atoms with Gasteiger partial charge in [0.2, 0.25) is 5.91 Å². The number of hydrogen-bond acceptors (Lipinski definition) is 2. The molecule has 78 valence electrons. The molecule has 0 atom stereocenters. The van der Waals surface area contributed by atoms with Gasteiger partial charge < -0.3 is 9.32 Å². The predicted octanol–water partition coefficient (Wildman–Crippen LogP) is 2.00. The van der Waals surface area contributed by atoms with E-state index < -0.39 is 0 Å². The summed E-state index contributed by atoms with van der Waals surface area (Å²) < 4.78 is 5.23. The topological polar surface area (TPSA) is 33.5 Å². The van der Waals surface area contributed by atoms with Crippen molar-refractivity contribution >= 4 is 5.91 Å². The van der Waals surface area contributed by atoms with Crippen LogP contribution in [0.1, 0.15) is 25.2 Å². The molecule has 3 nitrogen and oxygen atoms in total. The molecule has 0 N–H and O–H groups in total. The second kappa shape index (κ2) is 4.84. The van der Waals surface area contributed by atoms with E-state index in [1.807, 2.05) is 31.7 Å². The average Bonchev–Trinajstić information content (AvgIpc) is 2.54. The van der Waals surface area contributed by atoms with Gasteiger partial charge in [0.1, 0.15) is 5.76 Å². The van der Waals surface area contributed by atoms with Crippen molar-refractivity contribution in [1.29, 1.82) is 0 Å². The second-order valence-electron chi connectivity index (χ2n) is 3.27. The number of furan rings is 1. The Labute approximate surface area is 84.7 Å². The molecule has 0 unspecified atom stereocenters. The molecule has 0 aliphatic heterocycles. The van der Waals surface area contributed by atoms with Crippen LogP contribution >= 0.6 is 0 Å². The number of rotatable bonds is 4. The number of carbonyl (C=O) groups excluding carboxylic acids is 1. The van der Waals surface area contributed by atoms with Crippen LogP contribution in [0.5, 0.6) is 0 Å². The van der Waals surface area contributed by atoms with Crippen LogP contribution in [0.3, 0.4) is 0 Å². The van der Waals surface area contributed by atoms with Gasteiger partial charge in [0.05, 0.1) is 12.7 Å². The fourth-order valence-corrected chi connectivity index (χ4v) is 1.41. The Hall–Kier alpha value is -1.25. The van der Waals surface area contributed by atoms with E-state index in [0.717, 1.165) is 24.4 Å². The van der Waals surface area contributed by atoms with Gasteiger partial charge in [-0.05, 0) is 32.4 Å². The highest BCUT2D eigenvalue weighted by atomic mass is 16.3. The van der Waals surface area contributed by atoms with Gasteiger partial charge in [0.15, 0.2) is 0 Å². The molecule has 0 aromatic carbocycles. The standard InChI is InChI=1S/C11H17NO2/c1-4-12(5-2)11(13)8-10-9(3)6-7-14-10/h6-7H,4-5,8H2,1-3H3. The van der Waals surface area contributed by atoms with Crippen LogP contribution in [-0.4, -0.2) is 23.9 Å². The molecule has 1 aromatic heterocycles. The predicted molar refractivity (Wildman–Crippen MR) is 55.1 cm³/mol. The summed E-state index contributed by atoms with van der Waals surface area (Å²) in [6.45, 7) is 7.44. The summed E-state index contributed by atoms with van der Waals surface area (Å²) in [5.74, 6) is 0.912. The van der Waals surface area contributed by atoms with Crippen LogP contribution in [0.15, 0.2) is 16.7 Å². The van der Waals surface area contributed by atoms with E-state index in [1.165, 1.54) is 0 Å². The van der Waals surface area contributed by atoms with Gasteiger partial charge in [-0.1, -0.05) is 0 Å². The monoisotopic (exact) mass is 195 g/mol. The lowest BCUT2D eigenvalue weighted by Gasteiger charge is -2.17. The number of likely N-dealkylation sites (N-methyl/N-ethyl adjacent to an activating group) is 1. The van der Waals surface area contributed by atoms with E-state index >= 15 is 0 Å². The summed E-state index contributed by atoms with van der Waals surface area (Å²) in [4.78, 5) is 13.5. The minimum absolute atomic E-state index is 0.132. The summed E-state index contributed by atoms with van der Waals surface area (Å²) in [6, 6.07) is 1.88. The molecule has 0 radical (unpaired) electrons. The first-order valence-corrected chi connectivity index (χ1v) is 4.99. The lowest BCUT2D eigenvalue weighted by molar-refractivity contribution is -0.130. The first-order valence-electron chi connectivity index (χ1n) is 4.99. The molecule has 3 heteroatoms. The molecule has 0 saturated heterocycles. The summed E-state index contributed by atoms with van der Waals surface area (Å²) in [7, 11) is 0. The van der Waals surface area contributed by atoms with Crippen LogP contribution in [0.4, 0.5) is 0 Å². The van der Waals surface area contributed by atoms with E-state index in [-0.39, 0.29) is 5.91 Å². The van der Waals surface area contributed by atoms with Gasteiger partial charge in [-0.25, -0.2) is 0 Å². The van der Waals surface area contributed by atoms with Crippen molar-refractivity contribution in [1.82, 2.24) is 4.90 Å². The minimum Gasteiger partial charge on any atom is -0.469 e. The Morgan fingerprint density at radius 1 is 1.43 bits per heavy atom. The average molecular weight is 195 g/mol. The Kier molecular flexibility index (Phi) is 3.74. The number of hydrogen-bond donors (Lipinski definition) is 0. The minimum atomic E-state index is 0.132. The SMILES string of the molecule is CCN(CC)C(=O)Cc1occc1C. The number of amides is 1. The maximum absolute atomic E-state index is 11.7. The number of aryl methyl sites for hydroxylation is 1. The van der Waals surface area contributed by atoms with Crippen molar-refractivity contribution in [3.63, 3.8) is 0 Å². The van der Waals surface area contributed by atoms with Crippen molar-refractivity contribution in [3.05, 3.63) is 23.7 Å². The van der Waals surface area contributed by atoms with Crippen molar-refractivity contribution in [2.24, 2.45) is 0 Å². The quantitative estimate of drug-likeness (QED) is 0.736. The summed E-state index contributed by atoms with van der Waals surface area (Å²) >= 11 is 0. The fourth-order valence-electron chi connectivity index (χ4n) is 1.41. The van der Waals surface area contributed by atoms with Crippen molar-refractivity contribution in [2.75, 3.05) is 13.1 Å². The zero-order chi connectivity index (χ0) is 10.6. The number of nitrogens with zero attached hydrogens (tertiary/aromatic N) is 1. The Balaban J connectivity index is 2.61. The first-order chi connectivity index (χ1) is 6.69. The largest absolute Gasteiger partial charge is 0.469 e. The van der Waals surface area contributed by atoms with Crippen LogP contribution in [0.2, 0.25) is 0 Å². The van der Waals surface area contributed by atoms with Gasteiger partial charge >= 0.3 is 0 Å². The summed E-state index contributed by atoms with van der Waals surface area (Å²) in [5, 5.41) is 0. The zero-order valence-electron chi connectivity index (χ0n) is 9.04. The van der Waals surface area contributed by atoms with Gasteiger partial charge in [-0.2, -0.15) is 0 Å². The third kappa shape index (κ3) is 2.37. The molecule has 1 amide bonds. The molecule has 1 heterocycles. The zero-order valence-corrected chi connectivity index (χ0v) is 9.04. The maximum atomic E-state index is 11.7. The van der Waals surface area contributed by atoms with E-state index in [4.69, 9.17) is 4.42 Å². The molecular weight excluding hydrogens is 178 g/mol. The lowest BCUT2D eigenvalue weighted by atomic mass is 10.2. The fraction of sp³-hybridized carbons (Fsp3) is 0.545. The molecule has 1 aromatic rings. The molecule has 0 aliphatic carbocycles. The molecule has 14 heavy (non-hydrogen) atoms. The molecular formula is C11H17NO2. The molecule has 0 fully saturated rings.